The number of pyridine rings is 2. The number of benzene rings is 2. The molecule has 0 aliphatic carbocycles. The van der Waals surface area contributed by atoms with Crippen LogP contribution in [0.1, 0.15) is 54.7 Å². The van der Waals surface area contributed by atoms with Gasteiger partial charge < -0.3 is 63.7 Å². The van der Waals surface area contributed by atoms with Gasteiger partial charge in [0.2, 0.25) is 13.1 Å². The fourth-order valence-corrected chi connectivity index (χ4v) is 6.68. The molecule has 9 rings (SSSR count). The fraction of sp³-hybridized carbons (Fsp3) is 0.378. The van der Waals surface area contributed by atoms with Crippen molar-refractivity contribution in [1.29, 1.82) is 0 Å². The highest BCUT2D eigenvalue weighted by molar-refractivity contribution is 5.91. The number of aliphatic hydroxyl groups is 2. The van der Waals surface area contributed by atoms with E-state index in [2.05, 4.69) is 10.6 Å². The molecule has 18 heteroatoms. The number of carbonyl (C=O) groups excluding carboxylic acids is 2. The predicted molar refractivity (Wildman–Crippen MR) is 189 cm³/mol. The summed E-state index contributed by atoms with van der Waals surface area (Å²) in [4.78, 5) is 52.5. The fourth-order valence-electron chi connectivity index (χ4n) is 6.68. The third-order valence-electron chi connectivity index (χ3n) is 9.27. The average molecular weight is 763 g/mol. The number of aliphatic carboxylic acids is 1. The van der Waals surface area contributed by atoms with Gasteiger partial charge in [-0.3, -0.25) is 9.59 Å². The normalized spacial score (nSPS) is 21.6. The van der Waals surface area contributed by atoms with E-state index in [-0.39, 0.29) is 50.3 Å². The van der Waals surface area contributed by atoms with E-state index in [1.54, 1.807) is 43.4 Å². The first-order valence-corrected chi connectivity index (χ1v) is 17.4. The van der Waals surface area contributed by atoms with Crippen LogP contribution >= 0.6 is 0 Å². The van der Waals surface area contributed by atoms with E-state index in [4.69, 9.17) is 48.0 Å². The summed E-state index contributed by atoms with van der Waals surface area (Å²) >= 11 is 0. The van der Waals surface area contributed by atoms with Gasteiger partial charge >= 0.3 is 12.1 Å². The van der Waals surface area contributed by atoms with Gasteiger partial charge in [-0.15, -0.1) is 0 Å². The number of hydrogen-bond donors (Lipinski definition) is 5. The van der Waals surface area contributed by atoms with Crippen LogP contribution in [-0.2, 0) is 54.8 Å². The van der Waals surface area contributed by atoms with Gasteiger partial charge in [0, 0.05) is 43.1 Å². The summed E-state index contributed by atoms with van der Waals surface area (Å²) in [5, 5.41) is 34.7. The average Bonchev–Trinajstić information content (AvgIpc) is 3.45. The van der Waals surface area contributed by atoms with Crippen LogP contribution in [0.25, 0.3) is 22.3 Å². The molecular weight excluding hydrogens is 724 g/mol. The Morgan fingerprint density at radius 3 is 2.47 bits per heavy atom. The molecule has 1 amide bonds. The number of hydrogen-bond acceptors (Lipinski definition) is 15. The number of rotatable bonds is 7. The maximum Gasteiger partial charge on any atom is 0.407 e. The number of epoxide rings is 1. The molecule has 2 aromatic carbocycles. The molecule has 0 radical (unpaired) electrons. The van der Waals surface area contributed by atoms with Crippen LogP contribution < -0.4 is 30.4 Å². The molecule has 5 aliphatic rings. The second kappa shape index (κ2) is 15.1. The number of esters is 1. The van der Waals surface area contributed by atoms with Gasteiger partial charge in [-0.2, -0.15) is 0 Å². The predicted octanol–water partition coefficient (Wildman–Crippen LogP) is 2.65. The number of carboxylic acids is 1. The molecule has 5 atom stereocenters. The van der Waals surface area contributed by atoms with E-state index in [0.717, 1.165) is 6.92 Å². The van der Waals surface area contributed by atoms with E-state index >= 15 is 0 Å². The van der Waals surface area contributed by atoms with Crippen LogP contribution in [0.4, 0.5) is 10.5 Å². The minimum absolute atomic E-state index is 0.0243. The lowest BCUT2D eigenvalue weighted by atomic mass is 9.98. The Morgan fingerprint density at radius 2 is 1.76 bits per heavy atom. The number of fused-ring (bicyclic) bond motifs is 7. The number of nitrogens with zero attached hydrogens (tertiary/aromatic N) is 2. The van der Waals surface area contributed by atoms with Crippen molar-refractivity contribution in [2.24, 2.45) is 0 Å². The van der Waals surface area contributed by atoms with E-state index in [1.165, 1.54) is 4.57 Å². The number of carboxylic acid groups (broad SMARTS) is 1. The minimum atomic E-state index is -1.58. The minimum Gasteiger partial charge on any atom is -0.481 e. The second-order valence-corrected chi connectivity index (χ2v) is 12.6. The van der Waals surface area contributed by atoms with Gasteiger partial charge in [0.25, 0.3) is 11.5 Å². The number of aliphatic hydroxyl groups excluding tert-OH is 2. The van der Waals surface area contributed by atoms with Gasteiger partial charge in [-0.05, 0) is 35.4 Å². The van der Waals surface area contributed by atoms with Crippen molar-refractivity contribution in [1.82, 2.24) is 14.9 Å². The highest BCUT2D eigenvalue weighted by atomic mass is 16.8. The number of anilines is 1. The number of aromatic nitrogens is 2. The van der Waals surface area contributed by atoms with Gasteiger partial charge in [-0.1, -0.05) is 19.9 Å². The van der Waals surface area contributed by atoms with Crippen molar-refractivity contribution >= 4 is 34.6 Å². The molecule has 5 unspecified atom stereocenters. The molecule has 290 valence electrons. The highest BCUT2D eigenvalue weighted by Gasteiger charge is 2.58. The molecule has 4 aromatic rings. The van der Waals surface area contributed by atoms with Gasteiger partial charge in [0.1, 0.15) is 31.2 Å². The number of amides is 1. The van der Waals surface area contributed by atoms with Crippen molar-refractivity contribution in [2.75, 3.05) is 19.2 Å². The number of carbonyl (C=O) groups is 3. The molecule has 5 aliphatic heterocycles. The molecule has 0 bridgehead atoms. The van der Waals surface area contributed by atoms with Crippen LogP contribution in [0.5, 0.6) is 17.2 Å². The lowest BCUT2D eigenvalue weighted by Gasteiger charge is -2.21. The van der Waals surface area contributed by atoms with E-state index in [9.17, 15) is 24.6 Å². The molecular formula is C37H38N4O14. The molecule has 0 saturated carbocycles. The highest BCUT2D eigenvalue weighted by Crippen LogP contribution is 2.43. The first kappa shape index (κ1) is 37.4. The standard InChI is InChI=1S/C33H28N4O12.C2H4O2.C2H6/c1-34-20-4-13(2-3-22(20)47-31-27(39)28-32(48-28)49-31)10-44-33(42)35-8-16-14-6-23-24(46-12-45-23)7-19(14)36-25-17(16)9-37-21(25)5-15-18(29(37)40)11-43-30(41)26(15)38;1-2(3)4;1-2/h2-7,26-28,31-32,34,38-39H,8-12H2,1H3,(H,35,42);1H3,(H,3,4);1-2H3. The Bertz CT molecular complexity index is 2250. The maximum absolute atomic E-state index is 13.5. The molecule has 5 N–H and O–H groups in total. The van der Waals surface area contributed by atoms with Crippen LogP contribution in [-0.4, -0.2) is 81.5 Å². The Kier molecular flexibility index (Phi) is 10.2. The van der Waals surface area contributed by atoms with E-state index in [0.29, 0.717) is 61.9 Å². The third kappa shape index (κ3) is 7.07. The SMILES string of the molecule is CC.CC(=O)O.CNc1cc(COC(=O)NCc2c3c(nc4cc5c(cc24)OCO5)-c2cc4c(c(=O)n2C3)COC(=O)C4O)ccc1OC1OC2OC2C1O. The van der Waals surface area contributed by atoms with Crippen molar-refractivity contribution in [2.45, 2.75) is 78.0 Å². The van der Waals surface area contributed by atoms with Crippen LogP contribution in [0.3, 0.4) is 0 Å². The Morgan fingerprint density at radius 1 is 1.02 bits per heavy atom. The van der Waals surface area contributed by atoms with Crippen LogP contribution in [0.15, 0.2) is 41.2 Å². The Labute approximate surface area is 312 Å². The van der Waals surface area contributed by atoms with Gasteiger partial charge in [-0.25, -0.2) is 14.6 Å². The topological polar surface area (TPSA) is 239 Å². The molecule has 0 spiro atoms. The zero-order valence-electron chi connectivity index (χ0n) is 30.1. The number of alkyl carbamates (subject to hydrolysis) is 1. The van der Waals surface area contributed by atoms with Crippen molar-refractivity contribution < 1.29 is 62.9 Å². The molecule has 55 heavy (non-hydrogen) atoms. The first-order valence-electron chi connectivity index (χ1n) is 17.4. The Balaban J connectivity index is 0.000000730. The summed E-state index contributed by atoms with van der Waals surface area (Å²) in [6, 6.07) is 10.3. The summed E-state index contributed by atoms with van der Waals surface area (Å²) < 4.78 is 39.7. The summed E-state index contributed by atoms with van der Waals surface area (Å²) in [6.07, 6.45) is -4.83. The van der Waals surface area contributed by atoms with Crippen LogP contribution in [0.2, 0.25) is 0 Å². The van der Waals surface area contributed by atoms with Crippen molar-refractivity contribution in [3.63, 3.8) is 0 Å². The lowest BCUT2D eigenvalue weighted by Crippen LogP contribution is -2.32. The monoisotopic (exact) mass is 762 g/mol. The number of ether oxygens (including phenoxy) is 7. The summed E-state index contributed by atoms with van der Waals surface area (Å²) in [7, 11) is 1.72. The van der Waals surface area contributed by atoms with E-state index in [1.807, 2.05) is 13.8 Å². The largest absolute Gasteiger partial charge is 0.481 e. The lowest BCUT2D eigenvalue weighted by molar-refractivity contribution is -0.158. The van der Waals surface area contributed by atoms with Crippen LogP contribution in [0, 0.1) is 0 Å². The van der Waals surface area contributed by atoms with Crippen molar-refractivity contribution in [3.8, 4) is 28.6 Å². The first-order chi connectivity index (χ1) is 26.5. The third-order valence-corrected chi connectivity index (χ3v) is 9.27. The molecule has 2 fully saturated rings. The molecule has 2 aromatic heterocycles. The van der Waals surface area contributed by atoms with Crippen molar-refractivity contribution in [3.05, 3.63) is 74.6 Å². The summed E-state index contributed by atoms with van der Waals surface area (Å²) in [6.45, 7) is 5.01. The molecule has 7 heterocycles. The second-order valence-electron chi connectivity index (χ2n) is 12.6. The quantitative estimate of drug-likeness (QED) is 0.118. The molecule has 2 saturated heterocycles. The number of nitrogens with one attached hydrogen (secondary N) is 2. The summed E-state index contributed by atoms with van der Waals surface area (Å²) in [5.74, 6) is -0.177. The van der Waals surface area contributed by atoms with Gasteiger partial charge in [0.15, 0.2) is 23.9 Å². The zero-order valence-corrected chi connectivity index (χ0v) is 30.1. The summed E-state index contributed by atoms with van der Waals surface area (Å²) in [5.41, 5.74) is 4.09. The van der Waals surface area contributed by atoms with Gasteiger partial charge in [0.05, 0.1) is 34.7 Å². The smallest absolute Gasteiger partial charge is 0.407 e. The maximum atomic E-state index is 13.5. The van der Waals surface area contributed by atoms with E-state index < -0.39 is 48.4 Å². The zero-order chi connectivity index (χ0) is 39.1. The Hall–Kier alpha value is -5.95. The number of cyclic esters (lactones) is 1. The molecule has 18 nitrogen and oxygen atoms in total.